The molecule has 0 aliphatic carbocycles. The number of nitrogens with one attached hydrogen (secondary N) is 1. The topological polar surface area (TPSA) is 143 Å². The SMILES string of the molecule is CS(=O)(=O)OCCOCCOCCNC(=O)OCc1ccc([N+](=O)[O-])cc1. The summed E-state index contributed by atoms with van der Waals surface area (Å²) in [6.07, 6.45) is 0.325. The zero-order valence-corrected chi connectivity index (χ0v) is 15.6. The number of rotatable bonds is 13. The Kier molecular flexibility index (Phi) is 10.3. The van der Waals surface area contributed by atoms with Crippen LogP contribution < -0.4 is 5.32 Å². The van der Waals surface area contributed by atoms with Gasteiger partial charge in [-0.1, -0.05) is 0 Å². The van der Waals surface area contributed by atoms with E-state index >= 15 is 0 Å². The summed E-state index contributed by atoms with van der Waals surface area (Å²) in [5.74, 6) is 0. The molecule has 152 valence electrons. The predicted molar refractivity (Wildman–Crippen MR) is 93.7 cm³/mol. The van der Waals surface area contributed by atoms with Gasteiger partial charge in [0.15, 0.2) is 0 Å². The summed E-state index contributed by atoms with van der Waals surface area (Å²) in [6, 6.07) is 5.69. The van der Waals surface area contributed by atoms with Crippen LogP contribution in [0.4, 0.5) is 10.5 Å². The number of hydrogen-bond acceptors (Lipinski definition) is 9. The van der Waals surface area contributed by atoms with Crippen molar-refractivity contribution in [1.82, 2.24) is 5.32 Å². The second-order valence-corrected chi connectivity index (χ2v) is 6.82. The van der Waals surface area contributed by atoms with Crippen molar-refractivity contribution < 1.29 is 36.5 Å². The van der Waals surface area contributed by atoms with Crippen molar-refractivity contribution in [2.24, 2.45) is 0 Å². The number of amides is 1. The number of hydrogen-bond donors (Lipinski definition) is 1. The molecule has 0 atom stereocenters. The molecule has 1 rings (SSSR count). The Morgan fingerprint density at radius 2 is 1.67 bits per heavy atom. The highest BCUT2D eigenvalue weighted by Gasteiger charge is 2.06. The van der Waals surface area contributed by atoms with Crippen molar-refractivity contribution in [2.75, 3.05) is 45.8 Å². The molecule has 0 fully saturated rings. The average Bonchev–Trinajstić information content (AvgIpc) is 2.61. The molecule has 1 aromatic carbocycles. The smallest absolute Gasteiger partial charge is 0.407 e. The second-order valence-electron chi connectivity index (χ2n) is 5.18. The highest BCUT2D eigenvalue weighted by molar-refractivity contribution is 7.85. The van der Waals surface area contributed by atoms with Crippen LogP contribution in [0, 0.1) is 10.1 Å². The molecule has 27 heavy (non-hydrogen) atoms. The molecule has 0 aromatic heterocycles. The van der Waals surface area contributed by atoms with E-state index in [0.717, 1.165) is 6.26 Å². The van der Waals surface area contributed by atoms with Crippen LogP contribution >= 0.6 is 0 Å². The number of ether oxygens (including phenoxy) is 3. The minimum Gasteiger partial charge on any atom is -0.445 e. The van der Waals surface area contributed by atoms with Crippen molar-refractivity contribution >= 4 is 21.9 Å². The van der Waals surface area contributed by atoms with Gasteiger partial charge in [0, 0.05) is 18.7 Å². The van der Waals surface area contributed by atoms with Gasteiger partial charge in [-0.05, 0) is 17.7 Å². The fourth-order valence-corrected chi connectivity index (χ4v) is 2.08. The van der Waals surface area contributed by atoms with Gasteiger partial charge in [-0.3, -0.25) is 14.3 Å². The molecule has 1 N–H and O–H groups in total. The molecular formula is C15H22N2O9S. The lowest BCUT2D eigenvalue weighted by atomic mass is 10.2. The van der Waals surface area contributed by atoms with Crippen molar-refractivity contribution in [3.05, 3.63) is 39.9 Å². The van der Waals surface area contributed by atoms with Gasteiger partial charge in [-0.15, -0.1) is 0 Å². The number of carbonyl (C=O) groups excluding carboxylic acids is 1. The van der Waals surface area contributed by atoms with Gasteiger partial charge < -0.3 is 19.5 Å². The molecule has 1 amide bonds. The zero-order valence-electron chi connectivity index (χ0n) is 14.8. The Morgan fingerprint density at radius 1 is 1.07 bits per heavy atom. The van der Waals surface area contributed by atoms with Gasteiger partial charge in [0.25, 0.3) is 15.8 Å². The third-order valence-electron chi connectivity index (χ3n) is 2.93. The molecule has 0 radical (unpaired) electrons. The van der Waals surface area contributed by atoms with Crippen LogP contribution in [0.25, 0.3) is 0 Å². The van der Waals surface area contributed by atoms with Crippen molar-refractivity contribution in [3.8, 4) is 0 Å². The van der Waals surface area contributed by atoms with Crippen LogP contribution in [0.5, 0.6) is 0 Å². The Labute approximate surface area is 156 Å². The van der Waals surface area contributed by atoms with E-state index in [1.165, 1.54) is 24.3 Å². The number of nitro groups is 1. The zero-order chi connectivity index (χ0) is 20.1. The first-order valence-corrected chi connectivity index (χ1v) is 9.73. The number of non-ortho nitro benzene ring substituents is 1. The molecule has 0 bridgehead atoms. The van der Waals surface area contributed by atoms with Gasteiger partial charge in [-0.25, -0.2) is 4.79 Å². The molecule has 11 nitrogen and oxygen atoms in total. The Balaban J connectivity index is 1.99. The molecule has 0 heterocycles. The number of benzene rings is 1. The Bertz CT molecular complexity index is 692. The number of nitrogens with zero attached hydrogens (tertiary/aromatic N) is 1. The van der Waals surface area contributed by atoms with Crippen LogP contribution in [-0.4, -0.2) is 65.3 Å². The molecule has 1 aromatic rings. The monoisotopic (exact) mass is 406 g/mol. The van der Waals surface area contributed by atoms with Crippen molar-refractivity contribution in [2.45, 2.75) is 6.61 Å². The standard InChI is InChI=1S/C15H22N2O9S/c1-27(21,22)26-11-10-24-9-8-23-7-6-16-15(18)25-12-13-2-4-14(5-3-13)17(19)20/h2-5H,6-12H2,1H3,(H,16,18). The van der Waals surface area contributed by atoms with Crippen LogP contribution in [0.3, 0.4) is 0 Å². The summed E-state index contributed by atoms with van der Waals surface area (Å²) < 4.78 is 41.1. The number of alkyl carbamates (subject to hydrolysis) is 1. The minimum absolute atomic E-state index is 0.00588. The van der Waals surface area contributed by atoms with E-state index in [1.54, 1.807) is 0 Å². The minimum atomic E-state index is -3.46. The molecule has 0 spiro atoms. The van der Waals surface area contributed by atoms with Gasteiger partial charge in [0.2, 0.25) is 0 Å². The fraction of sp³-hybridized carbons (Fsp3) is 0.533. The molecule has 0 unspecified atom stereocenters. The van der Waals surface area contributed by atoms with E-state index in [1.807, 2.05) is 0 Å². The first-order valence-electron chi connectivity index (χ1n) is 7.92. The third-order valence-corrected chi connectivity index (χ3v) is 3.52. The molecular weight excluding hydrogens is 384 g/mol. The molecule has 0 saturated carbocycles. The third kappa shape index (κ3) is 11.9. The van der Waals surface area contributed by atoms with E-state index in [4.69, 9.17) is 14.2 Å². The largest absolute Gasteiger partial charge is 0.445 e. The highest BCUT2D eigenvalue weighted by Crippen LogP contribution is 2.12. The first-order chi connectivity index (χ1) is 12.8. The predicted octanol–water partition coefficient (Wildman–Crippen LogP) is 0.830. The Hall–Kier alpha value is -2.28. The van der Waals surface area contributed by atoms with E-state index in [-0.39, 0.29) is 51.9 Å². The summed E-state index contributed by atoms with van der Waals surface area (Å²) in [6.45, 7) is 1.08. The maximum Gasteiger partial charge on any atom is 0.407 e. The lowest BCUT2D eigenvalue weighted by Gasteiger charge is -2.08. The maximum absolute atomic E-state index is 11.5. The van der Waals surface area contributed by atoms with Crippen LogP contribution in [-0.2, 0) is 35.1 Å². The van der Waals surface area contributed by atoms with Crippen LogP contribution in [0.1, 0.15) is 5.56 Å². The Morgan fingerprint density at radius 3 is 2.26 bits per heavy atom. The van der Waals surface area contributed by atoms with E-state index in [0.29, 0.717) is 5.56 Å². The first kappa shape index (κ1) is 22.8. The molecule has 12 heteroatoms. The summed E-state index contributed by atoms with van der Waals surface area (Å²) in [5, 5.41) is 13.0. The van der Waals surface area contributed by atoms with Gasteiger partial charge >= 0.3 is 6.09 Å². The summed E-state index contributed by atoms with van der Waals surface area (Å²) in [5.41, 5.74) is 0.594. The number of nitro benzene ring substituents is 1. The normalized spacial score (nSPS) is 11.1. The van der Waals surface area contributed by atoms with E-state index in [2.05, 4.69) is 9.50 Å². The van der Waals surface area contributed by atoms with E-state index in [9.17, 15) is 23.3 Å². The molecule has 0 aliphatic rings. The fourth-order valence-electron chi connectivity index (χ4n) is 1.71. The highest BCUT2D eigenvalue weighted by atomic mass is 32.2. The molecule has 0 aliphatic heterocycles. The summed E-state index contributed by atoms with van der Waals surface area (Å²) in [7, 11) is -3.46. The lowest BCUT2D eigenvalue weighted by molar-refractivity contribution is -0.384. The van der Waals surface area contributed by atoms with Crippen molar-refractivity contribution in [3.63, 3.8) is 0 Å². The van der Waals surface area contributed by atoms with Crippen LogP contribution in [0.2, 0.25) is 0 Å². The van der Waals surface area contributed by atoms with Gasteiger partial charge in [0.1, 0.15) is 6.61 Å². The maximum atomic E-state index is 11.5. The quantitative estimate of drug-likeness (QED) is 0.218. The summed E-state index contributed by atoms with van der Waals surface area (Å²) >= 11 is 0. The van der Waals surface area contributed by atoms with Crippen LogP contribution in [0.15, 0.2) is 24.3 Å². The van der Waals surface area contributed by atoms with E-state index < -0.39 is 21.1 Å². The average molecular weight is 406 g/mol. The van der Waals surface area contributed by atoms with Crippen molar-refractivity contribution in [1.29, 1.82) is 0 Å². The number of carbonyl (C=O) groups is 1. The summed E-state index contributed by atoms with van der Waals surface area (Å²) in [4.78, 5) is 21.5. The molecule has 0 saturated heterocycles. The van der Waals surface area contributed by atoms with Gasteiger partial charge in [0.05, 0.1) is 44.2 Å². The van der Waals surface area contributed by atoms with Gasteiger partial charge in [-0.2, -0.15) is 8.42 Å². The lowest BCUT2D eigenvalue weighted by Crippen LogP contribution is -2.28. The second kappa shape index (κ2) is 12.2.